The summed E-state index contributed by atoms with van der Waals surface area (Å²) in [6, 6.07) is 7.29. The summed E-state index contributed by atoms with van der Waals surface area (Å²) in [4.78, 5) is 42.1. The third-order valence-corrected chi connectivity index (χ3v) is 9.06. The van der Waals surface area contributed by atoms with Crippen LogP contribution in [-0.4, -0.2) is 32.0 Å². The second kappa shape index (κ2) is 11.0. The van der Waals surface area contributed by atoms with Crippen molar-refractivity contribution in [3.8, 4) is 0 Å². The molecule has 10 heteroatoms. The Hall–Kier alpha value is -4.24. The van der Waals surface area contributed by atoms with Crippen LogP contribution in [0.4, 0.5) is 0 Å². The smallest absolute Gasteiger partial charge is 0.657 e. The number of carboxylic acids is 1. The molecule has 6 heterocycles. The fourth-order valence-electron chi connectivity index (χ4n) is 6.45. The Morgan fingerprint density at radius 1 is 1.07 bits per heavy atom. The van der Waals surface area contributed by atoms with Gasteiger partial charge in [-0.15, -0.1) is 11.0 Å². The Morgan fingerprint density at radius 3 is 2.45 bits per heavy atom. The number of aromatic amines is 1. The molecule has 9 nitrogen and oxygen atoms in total. The summed E-state index contributed by atoms with van der Waals surface area (Å²) in [5, 5.41) is 23.5. The van der Waals surface area contributed by atoms with E-state index in [0.717, 1.165) is 39.0 Å². The number of carbonyl (C=O) groups is 2. The van der Waals surface area contributed by atoms with Crippen LogP contribution in [0.5, 0.6) is 0 Å². The molecule has 0 unspecified atom stereocenters. The molecule has 1 spiro atoms. The van der Waals surface area contributed by atoms with Crippen LogP contribution in [0.1, 0.15) is 78.1 Å². The van der Waals surface area contributed by atoms with Crippen molar-refractivity contribution >= 4 is 51.2 Å². The molecule has 226 valence electrons. The molecule has 1 fully saturated rings. The molecule has 0 amide bonds. The first-order valence-electron chi connectivity index (χ1n) is 14.2. The summed E-state index contributed by atoms with van der Waals surface area (Å²) in [5.41, 5.74) is 6.68. The number of nitrogens with zero attached hydrogens (tertiary/aromatic N) is 3. The number of H-pyrrole nitrogens is 1. The number of fused-ring (bicyclic) bond motifs is 9. The van der Waals surface area contributed by atoms with Crippen molar-refractivity contribution in [3.05, 3.63) is 88.5 Å². The van der Waals surface area contributed by atoms with E-state index in [1.54, 1.807) is 31.2 Å². The number of esters is 1. The Balaban J connectivity index is 0.00000384. The molecule has 0 saturated carbocycles. The first kappa shape index (κ1) is 31.2. The number of aliphatic carboxylic acids is 1. The number of aromatic nitrogens is 4. The quantitative estimate of drug-likeness (QED) is 0.311. The van der Waals surface area contributed by atoms with Gasteiger partial charge in [0.1, 0.15) is 5.60 Å². The first-order chi connectivity index (χ1) is 20.4. The maximum atomic E-state index is 12.5. The Labute approximate surface area is 265 Å². The minimum atomic E-state index is -1.67. The van der Waals surface area contributed by atoms with Gasteiger partial charge in [0, 0.05) is 41.0 Å². The van der Waals surface area contributed by atoms with E-state index in [-0.39, 0.29) is 42.8 Å². The molecule has 0 radical (unpaired) electrons. The number of hydrogen-bond acceptors (Lipinski definition) is 7. The summed E-state index contributed by atoms with van der Waals surface area (Å²) in [5.74, 6) is -1.61. The van der Waals surface area contributed by atoms with E-state index in [1.165, 1.54) is 0 Å². The zero-order valence-electron chi connectivity index (χ0n) is 25.0. The standard InChI is InChI=1S/C34H34N4O5.Fe/c1-7-20-17(3)23-13-24-19(5)22(9-10-31(39)40)28(37-24)16-30-34(12-11-32(41)43-34)33(6,42)29(38-30)15-27-21(8-2)18(4)25(36-27)14-26(20)35-23;/h7-8,13-16,42H,1-2,9-12H2,3-6H3,(H3,35,36,37,38,39,40);/q;+2/p-2/t33-,34+;/m0./s1. The zero-order valence-corrected chi connectivity index (χ0v) is 26.1. The number of allylic oxidation sites excluding steroid dienone is 3. The summed E-state index contributed by atoms with van der Waals surface area (Å²) in [7, 11) is 0. The van der Waals surface area contributed by atoms with Crippen LogP contribution in [0.2, 0.25) is 0 Å². The third kappa shape index (κ3) is 4.65. The maximum absolute atomic E-state index is 12.5. The van der Waals surface area contributed by atoms with Gasteiger partial charge >= 0.3 is 23.0 Å². The molecule has 6 rings (SSSR count). The predicted molar refractivity (Wildman–Crippen MR) is 162 cm³/mol. The number of aliphatic hydroxyl groups is 1. The van der Waals surface area contributed by atoms with E-state index in [9.17, 15) is 19.8 Å². The summed E-state index contributed by atoms with van der Waals surface area (Å²) in [6.07, 6.45) is 3.84. The van der Waals surface area contributed by atoms with E-state index in [0.29, 0.717) is 39.2 Å². The van der Waals surface area contributed by atoms with Crippen LogP contribution in [0.15, 0.2) is 43.5 Å². The molecule has 1 saturated heterocycles. The minimum absolute atomic E-state index is 0. The number of rotatable bonds is 5. The number of carboxylic acid groups (broad SMARTS) is 1. The van der Waals surface area contributed by atoms with E-state index in [2.05, 4.69) is 18.1 Å². The first-order valence-corrected chi connectivity index (χ1v) is 14.2. The van der Waals surface area contributed by atoms with Crippen molar-refractivity contribution in [1.82, 2.24) is 19.9 Å². The van der Waals surface area contributed by atoms with Crippen molar-refractivity contribution in [2.75, 3.05) is 0 Å². The van der Waals surface area contributed by atoms with Crippen LogP contribution in [-0.2, 0) is 49.0 Å². The van der Waals surface area contributed by atoms with E-state index < -0.39 is 23.1 Å². The second-order valence-corrected chi connectivity index (χ2v) is 11.5. The molecule has 3 aromatic heterocycles. The molecular weight excluding hydrogens is 600 g/mol. The van der Waals surface area contributed by atoms with Crippen molar-refractivity contribution in [1.29, 1.82) is 0 Å². The Bertz CT molecular complexity index is 1970. The maximum Gasteiger partial charge on any atom is 2.00 e. The fraction of sp³-hybridized carbons (Fsp3) is 0.294. The molecule has 8 bridgehead atoms. The van der Waals surface area contributed by atoms with E-state index in [4.69, 9.17) is 19.7 Å². The fourth-order valence-corrected chi connectivity index (χ4v) is 6.45. The van der Waals surface area contributed by atoms with Crippen LogP contribution in [0.3, 0.4) is 0 Å². The van der Waals surface area contributed by atoms with Crippen LogP contribution < -0.4 is 10.1 Å². The second-order valence-electron chi connectivity index (χ2n) is 11.5. The zero-order chi connectivity index (χ0) is 30.8. The van der Waals surface area contributed by atoms with Gasteiger partial charge in [0.15, 0.2) is 5.60 Å². The topological polar surface area (TPSA) is 142 Å². The van der Waals surface area contributed by atoms with Crippen LogP contribution in [0, 0.1) is 13.8 Å². The molecule has 0 aromatic carbocycles. The normalized spacial score (nSPS) is 20.9. The van der Waals surface area contributed by atoms with E-state index in [1.807, 2.05) is 32.9 Å². The van der Waals surface area contributed by atoms with Gasteiger partial charge in [0.25, 0.3) is 0 Å². The van der Waals surface area contributed by atoms with Gasteiger partial charge in [-0.1, -0.05) is 48.6 Å². The average molecular weight is 632 g/mol. The summed E-state index contributed by atoms with van der Waals surface area (Å²) in [6.45, 7) is 15.5. The largest absolute Gasteiger partial charge is 2.00 e. The van der Waals surface area contributed by atoms with Crippen molar-refractivity contribution in [2.45, 2.75) is 64.6 Å². The molecule has 3 aliphatic rings. The molecular formula is C34H32FeN4O5. The number of aryl methyl sites for hydroxylation is 3. The van der Waals surface area contributed by atoms with Gasteiger partial charge in [0.2, 0.25) is 0 Å². The van der Waals surface area contributed by atoms with E-state index >= 15 is 0 Å². The molecule has 3 aromatic rings. The van der Waals surface area contributed by atoms with Gasteiger partial charge in [-0.05, 0) is 63.8 Å². The molecule has 0 aliphatic carbocycles. The summed E-state index contributed by atoms with van der Waals surface area (Å²) >= 11 is 0. The molecule has 2 N–H and O–H groups in total. The SMILES string of the molecule is C=CC1=C(C)c2cc3[n-]c(cc4nc(cc5[nH]c(cc1n2)c(C)c5C=C)[C@](C)(O)[C@@]41CCC(=O)O1)c(CCC(=O)[O-])c3C.[Fe+2]. The van der Waals surface area contributed by atoms with Crippen molar-refractivity contribution in [2.24, 2.45) is 0 Å². The number of carbonyl (C=O) groups excluding carboxylic acids is 2. The van der Waals surface area contributed by atoms with Crippen LogP contribution in [0.25, 0.3) is 39.3 Å². The van der Waals surface area contributed by atoms with Gasteiger partial charge in [0.05, 0.1) is 22.8 Å². The van der Waals surface area contributed by atoms with Gasteiger partial charge in [-0.2, -0.15) is 0 Å². The average Bonchev–Trinajstić information content (AvgIpc) is 3.69. The monoisotopic (exact) mass is 632 g/mol. The molecule has 3 aliphatic heterocycles. The van der Waals surface area contributed by atoms with Gasteiger partial charge in [-0.25, -0.2) is 4.98 Å². The predicted octanol–water partition coefficient (Wildman–Crippen LogP) is 4.44. The molecule has 44 heavy (non-hydrogen) atoms. The minimum Gasteiger partial charge on any atom is -0.657 e. The number of hydrogen-bond donors (Lipinski definition) is 2. The van der Waals surface area contributed by atoms with Crippen LogP contribution >= 0.6 is 0 Å². The van der Waals surface area contributed by atoms with Gasteiger partial charge < -0.3 is 29.7 Å². The Morgan fingerprint density at radius 2 is 1.82 bits per heavy atom. The number of ether oxygens (including phenoxy) is 1. The van der Waals surface area contributed by atoms with Gasteiger partial charge in [-0.3, -0.25) is 9.78 Å². The number of nitrogens with one attached hydrogen (secondary N) is 1. The Kier molecular flexibility index (Phi) is 7.82. The third-order valence-electron chi connectivity index (χ3n) is 9.06. The van der Waals surface area contributed by atoms with Crippen molar-refractivity contribution in [3.63, 3.8) is 0 Å². The van der Waals surface area contributed by atoms with Crippen molar-refractivity contribution < 1.29 is 41.6 Å². The molecule has 2 atom stereocenters. The summed E-state index contributed by atoms with van der Waals surface area (Å²) < 4.78 is 5.89.